The lowest BCUT2D eigenvalue weighted by Gasteiger charge is -2.06. The van der Waals surface area contributed by atoms with Gasteiger partial charge in [-0.15, -0.1) is 0 Å². The Hall–Kier alpha value is -1.72. The highest BCUT2D eigenvalue weighted by Gasteiger charge is 2.17. The molecule has 1 heterocycles. The molecule has 92 valence electrons. The standard InChI is InChI=1S/C12H16N2O3/c1-14-8-3-4-10(17-2)12(13)11(8)7(5-15)9(14)6-16/h3-4,15-16H,5-6,13H2,1-2H3. The van der Waals surface area contributed by atoms with Crippen LogP contribution in [0.3, 0.4) is 0 Å². The minimum Gasteiger partial charge on any atom is -0.495 e. The van der Waals surface area contributed by atoms with Crippen molar-refractivity contribution in [2.24, 2.45) is 7.05 Å². The van der Waals surface area contributed by atoms with Gasteiger partial charge in [0.05, 0.1) is 31.5 Å². The molecule has 5 heteroatoms. The Balaban J connectivity index is 2.89. The molecule has 2 rings (SSSR count). The van der Waals surface area contributed by atoms with Crippen LogP contribution >= 0.6 is 0 Å². The second-order valence-corrected chi connectivity index (χ2v) is 3.88. The first kappa shape index (κ1) is 11.8. The second-order valence-electron chi connectivity index (χ2n) is 3.88. The molecule has 17 heavy (non-hydrogen) atoms. The molecule has 0 saturated heterocycles. The molecule has 1 aromatic heterocycles. The van der Waals surface area contributed by atoms with Crippen LogP contribution in [0.4, 0.5) is 5.69 Å². The van der Waals surface area contributed by atoms with Crippen LogP contribution in [-0.4, -0.2) is 21.9 Å². The number of fused-ring (bicyclic) bond motifs is 1. The molecule has 2 aromatic rings. The van der Waals surface area contributed by atoms with E-state index in [2.05, 4.69) is 0 Å². The Morgan fingerprint density at radius 3 is 2.53 bits per heavy atom. The number of hydrogen-bond acceptors (Lipinski definition) is 4. The largest absolute Gasteiger partial charge is 0.495 e. The number of aryl methyl sites for hydroxylation is 1. The van der Waals surface area contributed by atoms with Crippen LogP contribution in [0.15, 0.2) is 12.1 Å². The number of rotatable bonds is 3. The number of methoxy groups -OCH3 is 1. The van der Waals surface area contributed by atoms with Crippen LogP contribution in [0.1, 0.15) is 11.3 Å². The summed E-state index contributed by atoms with van der Waals surface area (Å²) in [5.41, 5.74) is 8.70. The summed E-state index contributed by atoms with van der Waals surface area (Å²) in [6.07, 6.45) is 0. The fourth-order valence-electron chi connectivity index (χ4n) is 2.23. The van der Waals surface area contributed by atoms with Gasteiger partial charge in [-0.25, -0.2) is 0 Å². The Morgan fingerprint density at radius 1 is 1.29 bits per heavy atom. The predicted octanol–water partition coefficient (Wildman–Crippen LogP) is 0.754. The number of anilines is 1. The van der Waals surface area contributed by atoms with Crippen molar-refractivity contribution in [3.05, 3.63) is 23.4 Å². The fourth-order valence-corrected chi connectivity index (χ4v) is 2.23. The van der Waals surface area contributed by atoms with Crippen molar-refractivity contribution < 1.29 is 14.9 Å². The van der Waals surface area contributed by atoms with Gasteiger partial charge in [0.2, 0.25) is 0 Å². The van der Waals surface area contributed by atoms with Gasteiger partial charge in [-0.1, -0.05) is 0 Å². The number of aromatic nitrogens is 1. The lowest BCUT2D eigenvalue weighted by atomic mass is 10.1. The van der Waals surface area contributed by atoms with Gasteiger partial charge < -0.3 is 25.3 Å². The maximum Gasteiger partial charge on any atom is 0.142 e. The van der Waals surface area contributed by atoms with Crippen LogP contribution in [0.5, 0.6) is 5.75 Å². The maximum absolute atomic E-state index is 9.43. The Morgan fingerprint density at radius 2 is 2.00 bits per heavy atom. The zero-order chi connectivity index (χ0) is 12.6. The zero-order valence-electron chi connectivity index (χ0n) is 9.90. The second kappa shape index (κ2) is 4.27. The summed E-state index contributed by atoms with van der Waals surface area (Å²) in [7, 11) is 3.38. The van der Waals surface area contributed by atoms with Crippen LogP contribution in [0.2, 0.25) is 0 Å². The Labute approximate surface area is 99.0 Å². The molecule has 4 N–H and O–H groups in total. The summed E-state index contributed by atoms with van der Waals surface area (Å²) in [5, 5.41) is 19.5. The summed E-state index contributed by atoms with van der Waals surface area (Å²) in [5.74, 6) is 0.572. The zero-order valence-corrected chi connectivity index (χ0v) is 9.90. The van der Waals surface area contributed by atoms with Gasteiger partial charge in [-0.2, -0.15) is 0 Å². The number of aliphatic hydroxyl groups excluding tert-OH is 2. The average Bonchev–Trinajstić information content (AvgIpc) is 2.63. The van der Waals surface area contributed by atoms with Gasteiger partial charge in [0.1, 0.15) is 5.75 Å². The van der Waals surface area contributed by atoms with Crippen LogP contribution < -0.4 is 10.5 Å². The molecule has 0 amide bonds. The van der Waals surface area contributed by atoms with E-state index in [0.29, 0.717) is 22.7 Å². The predicted molar refractivity (Wildman–Crippen MR) is 65.7 cm³/mol. The molecular weight excluding hydrogens is 220 g/mol. The molecular formula is C12H16N2O3. The minimum atomic E-state index is -0.162. The van der Waals surface area contributed by atoms with Crippen molar-refractivity contribution in [1.82, 2.24) is 4.57 Å². The lowest BCUT2D eigenvalue weighted by Crippen LogP contribution is -1.98. The first-order valence-electron chi connectivity index (χ1n) is 5.30. The van der Waals surface area contributed by atoms with Gasteiger partial charge >= 0.3 is 0 Å². The van der Waals surface area contributed by atoms with Crippen molar-refractivity contribution in [1.29, 1.82) is 0 Å². The van der Waals surface area contributed by atoms with Gasteiger partial charge in [-0.05, 0) is 12.1 Å². The molecule has 0 saturated carbocycles. The van der Waals surface area contributed by atoms with Gasteiger partial charge in [0.15, 0.2) is 0 Å². The minimum absolute atomic E-state index is 0.136. The average molecular weight is 236 g/mol. The summed E-state index contributed by atoms with van der Waals surface area (Å²) in [6.45, 7) is -0.298. The van der Waals surface area contributed by atoms with Crippen LogP contribution in [-0.2, 0) is 20.3 Å². The van der Waals surface area contributed by atoms with E-state index in [9.17, 15) is 10.2 Å². The summed E-state index contributed by atoms with van der Waals surface area (Å²) in [4.78, 5) is 0. The number of hydrogen-bond donors (Lipinski definition) is 3. The lowest BCUT2D eigenvalue weighted by molar-refractivity contribution is 0.255. The summed E-state index contributed by atoms with van der Waals surface area (Å²) < 4.78 is 6.99. The first-order chi connectivity index (χ1) is 8.15. The molecule has 0 unspecified atom stereocenters. The first-order valence-corrected chi connectivity index (χ1v) is 5.30. The fraction of sp³-hybridized carbons (Fsp3) is 0.333. The summed E-state index contributed by atoms with van der Waals surface area (Å²) >= 11 is 0. The number of nitrogens with two attached hydrogens (primary N) is 1. The normalized spacial score (nSPS) is 11.1. The van der Waals surface area contributed by atoms with E-state index >= 15 is 0 Å². The van der Waals surface area contributed by atoms with E-state index in [-0.39, 0.29) is 13.2 Å². The van der Waals surface area contributed by atoms with Gasteiger partial charge in [-0.3, -0.25) is 0 Å². The maximum atomic E-state index is 9.43. The topological polar surface area (TPSA) is 80.6 Å². The van der Waals surface area contributed by atoms with Crippen LogP contribution in [0, 0.1) is 0 Å². The third kappa shape index (κ3) is 1.55. The van der Waals surface area contributed by atoms with E-state index in [0.717, 1.165) is 10.9 Å². The molecule has 0 spiro atoms. The number of benzene rings is 1. The highest BCUT2D eigenvalue weighted by molar-refractivity contribution is 5.98. The number of ether oxygens (including phenoxy) is 1. The third-order valence-electron chi connectivity index (χ3n) is 3.13. The number of aliphatic hydroxyl groups is 2. The number of nitrogen functional groups attached to an aromatic ring is 1. The van der Waals surface area contributed by atoms with E-state index in [1.165, 1.54) is 0 Å². The van der Waals surface area contributed by atoms with E-state index < -0.39 is 0 Å². The molecule has 0 aliphatic heterocycles. The number of nitrogens with zero attached hydrogens (tertiary/aromatic N) is 1. The summed E-state index contributed by atoms with van der Waals surface area (Å²) in [6, 6.07) is 3.64. The monoisotopic (exact) mass is 236 g/mol. The van der Waals surface area contributed by atoms with Crippen LogP contribution in [0.25, 0.3) is 10.9 Å². The molecule has 1 aromatic carbocycles. The van der Waals surface area contributed by atoms with Crippen molar-refractivity contribution in [3.63, 3.8) is 0 Å². The SMILES string of the molecule is COc1ccc2c(c1N)c(CO)c(CO)n2C. The highest BCUT2D eigenvalue weighted by atomic mass is 16.5. The van der Waals surface area contributed by atoms with E-state index in [4.69, 9.17) is 10.5 Å². The van der Waals surface area contributed by atoms with Gasteiger partial charge in [0, 0.05) is 23.7 Å². The van der Waals surface area contributed by atoms with E-state index in [1.54, 1.807) is 13.2 Å². The Bertz CT molecular complexity index is 561. The molecule has 0 bridgehead atoms. The molecule has 0 atom stereocenters. The third-order valence-corrected chi connectivity index (χ3v) is 3.13. The van der Waals surface area contributed by atoms with Crippen molar-refractivity contribution in [3.8, 4) is 5.75 Å². The quantitative estimate of drug-likeness (QED) is 0.687. The highest BCUT2D eigenvalue weighted by Crippen LogP contribution is 2.36. The Kier molecular flexibility index (Phi) is 2.95. The van der Waals surface area contributed by atoms with E-state index in [1.807, 2.05) is 17.7 Å². The van der Waals surface area contributed by atoms with Crippen molar-refractivity contribution >= 4 is 16.6 Å². The molecule has 0 radical (unpaired) electrons. The smallest absolute Gasteiger partial charge is 0.142 e. The van der Waals surface area contributed by atoms with Crippen molar-refractivity contribution in [2.75, 3.05) is 12.8 Å². The van der Waals surface area contributed by atoms with Crippen molar-refractivity contribution in [2.45, 2.75) is 13.2 Å². The molecule has 0 fully saturated rings. The molecule has 5 nitrogen and oxygen atoms in total. The molecule has 0 aliphatic carbocycles. The van der Waals surface area contributed by atoms with Gasteiger partial charge in [0.25, 0.3) is 0 Å². The molecule has 0 aliphatic rings.